The molecule has 0 N–H and O–H groups in total. The van der Waals surface area contributed by atoms with E-state index in [-0.39, 0.29) is 24.3 Å². The van der Waals surface area contributed by atoms with E-state index >= 15 is 0 Å². The molecule has 0 radical (unpaired) electrons. The summed E-state index contributed by atoms with van der Waals surface area (Å²) in [5, 5.41) is 5.30. The van der Waals surface area contributed by atoms with E-state index in [1.54, 1.807) is 6.92 Å². The monoisotopic (exact) mass is 226 g/mol. The van der Waals surface area contributed by atoms with Gasteiger partial charge < -0.3 is 4.74 Å². The summed E-state index contributed by atoms with van der Waals surface area (Å²) in [5.74, 6) is -0.532. The van der Waals surface area contributed by atoms with Crippen molar-refractivity contribution in [3.63, 3.8) is 0 Å². The Labute approximate surface area is 95.4 Å². The molecular weight excluding hydrogens is 208 g/mol. The maximum absolute atomic E-state index is 11.9. The lowest BCUT2D eigenvalue weighted by molar-refractivity contribution is -0.149. The molecule has 0 aromatic heterocycles. The van der Waals surface area contributed by atoms with Gasteiger partial charge in [0.15, 0.2) is 0 Å². The molecule has 0 fully saturated rings. The SMILES string of the molecule is CCOC(=O)CN1N=C(C)C(C(C)C)C1=O. The van der Waals surface area contributed by atoms with Crippen molar-refractivity contribution in [3.05, 3.63) is 0 Å². The van der Waals surface area contributed by atoms with Gasteiger partial charge in [-0.1, -0.05) is 13.8 Å². The van der Waals surface area contributed by atoms with Crippen LogP contribution in [-0.4, -0.2) is 35.7 Å². The zero-order chi connectivity index (χ0) is 12.3. The van der Waals surface area contributed by atoms with E-state index in [0.29, 0.717) is 6.61 Å². The summed E-state index contributed by atoms with van der Waals surface area (Å²) in [6.07, 6.45) is 0. The van der Waals surface area contributed by atoms with Crippen LogP contribution in [-0.2, 0) is 14.3 Å². The van der Waals surface area contributed by atoms with Crippen LogP contribution >= 0.6 is 0 Å². The molecule has 1 amide bonds. The molecule has 5 nitrogen and oxygen atoms in total. The molecule has 90 valence electrons. The van der Waals surface area contributed by atoms with Crippen molar-refractivity contribution in [1.29, 1.82) is 0 Å². The van der Waals surface area contributed by atoms with Crippen LogP contribution in [0, 0.1) is 11.8 Å². The summed E-state index contributed by atoms with van der Waals surface area (Å²) in [4.78, 5) is 23.1. The minimum atomic E-state index is -0.420. The number of rotatable bonds is 4. The highest BCUT2D eigenvalue weighted by atomic mass is 16.5. The Morgan fingerprint density at radius 2 is 2.19 bits per heavy atom. The first-order valence-corrected chi connectivity index (χ1v) is 5.49. The lowest BCUT2D eigenvalue weighted by atomic mass is 9.92. The van der Waals surface area contributed by atoms with Crippen molar-refractivity contribution >= 4 is 17.6 Å². The third-order valence-electron chi connectivity index (χ3n) is 2.50. The Hall–Kier alpha value is -1.39. The summed E-state index contributed by atoms with van der Waals surface area (Å²) in [6.45, 7) is 7.71. The first-order chi connectivity index (χ1) is 7.47. The van der Waals surface area contributed by atoms with Gasteiger partial charge in [0.1, 0.15) is 6.54 Å². The van der Waals surface area contributed by atoms with E-state index in [1.165, 1.54) is 5.01 Å². The molecule has 1 atom stereocenters. The van der Waals surface area contributed by atoms with E-state index in [9.17, 15) is 9.59 Å². The van der Waals surface area contributed by atoms with Gasteiger partial charge in [0.25, 0.3) is 5.91 Å². The molecule has 0 saturated heterocycles. The highest BCUT2D eigenvalue weighted by Crippen LogP contribution is 2.22. The molecule has 1 unspecified atom stereocenters. The van der Waals surface area contributed by atoms with Crippen LogP contribution in [0.25, 0.3) is 0 Å². The first kappa shape index (κ1) is 12.7. The second-order valence-electron chi connectivity index (χ2n) is 4.16. The molecule has 1 rings (SSSR count). The van der Waals surface area contributed by atoms with E-state index in [0.717, 1.165) is 5.71 Å². The number of nitrogens with zero attached hydrogens (tertiary/aromatic N) is 2. The quantitative estimate of drug-likeness (QED) is 0.673. The number of amides is 1. The molecule has 1 aliphatic rings. The van der Waals surface area contributed by atoms with E-state index in [1.807, 2.05) is 20.8 Å². The summed E-state index contributed by atoms with van der Waals surface area (Å²) < 4.78 is 4.78. The Morgan fingerprint density at radius 1 is 1.56 bits per heavy atom. The van der Waals surface area contributed by atoms with Crippen molar-refractivity contribution in [3.8, 4) is 0 Å². The van der Waals surface area contributed by atoms with Gasteiger partial charge in [-0.2, -0.15) is 5.10 Å². The first-order valence-electron chi connectivity index (χ1n) is 5.49. The Balaban J connectivity index is 2.66. The topological polar surface area (TPSA) is 59.0 Å². The highest BCUT2D eigenvalue weighted by Gasteiger charge is 2.36. The normalized spacial score (nSPS) is 20.3. The smallest absolute Gasteiger partial charge is 0.327 e. The van der Waals surface area contributed by atoms with Crippen LogP contribution in [0.5, 0.6) is 0 Å². The minimum Gasteiger partial charge on any atom is -0.465 e. The van der Waals surface area contributed by atoms with Crippen molar-refractivity contribution in [1.82, 2.24) is 5.01 Å². The van der Waals surface area contributed by atoms with Gasteiger partial charge in [0.2, 0.25) is 0 Å². The summed E-state index contributed by atoms with van der Waals surface area (Å²) in [7, 11) is 0. The van der Waals surface area contributed by atoms with Gasteiger partial charge in [-0.05, 0) is 19.8 Å². The van der Waals surface area contributed by atoms with Gasteiger partial charge in [-0.15, -0.1) is 0 Å². The van der Waals surface area contributed by atoms with Crippen LogP contribution in [0.2, 0.25) is 0 Å². The van der Waals surface area contributed by atoms with Crippen molar-refractivity contribution in [2.75, 3.05) is 13.2 Å². The molecule has 16 heavy (non-hydrogen) atoms. The Bertz CT molecular complexity index is 323. The average Bonchev–Trinajstić information content (AvgIpc) is 2.42. The van der Waals surface area contributed by atoms with E-state index in [4.69, 9.17) is 4.74 Å². The molecule has 0 saturated carbocycles. The number of ether oxygens (including phenoxy) is 1. The zero-order valence-corrected chi connectivity index (χ0v) is 10.2. The standard InChI is InChI=1S/C11H18N2O3/c1-5-16-9(14)6-13-11(15)10(7(2)3)8(4)12-13/h7,10H,5-6H2,1-4H3. The van der Waals surface area contributed by atoms with Crippen molar-refractivity contribution in [2.45, 2.75) is 27.7 Å². The lowest BCUT2D eigenvalue weighted by Gasteiger charge is -2.15. The number of hydrogen-bond donors (Lipinski definition) is 0. The summed E-state index contributed by atoms with van der Waals surface area (Å²) in [6, 6.07) is 0. The lowest BCUT2D eigenvalue weighted by Crippen LogP contribution is -2.34. The van der Waals surface area contributed by atoms with Crippen LogP contribution < -0.4 is 0 Å². The maximum atomic E-state index is 11.9. The number of esters is 1. The van der Waals surface area contributed by atoms with Gasteiger partial charge in [-0.3, -0.25) is 9.59 Å². The fourth-order valence-electron chi connectivity index (χ4n) is 1.85. The van der Waals surface area contributed by atoms with Gasteiger partial charge >= 0.3 is 5.97 Å². The fourth-order valence-corrected chi connectivity index (χ4v) is 1.85. The molecule has 0 aromatic carbocycles. The van der Waals surface area contributed by atoms with Gasteiger partial charge in [0, 0.05) is 5.71 Å². The molecular formula is C11H18N2O3. The molecule has 0 bridgehead atoms. The van der Waals surface area contributed by atoms with Crippen molar-refractivity contribution in [2.24, 2.45) is 16.9 Å². The van der Waals surface area contributed by atoms with Crippen LogP contribution in [0.3, 0.4) is 0 Å². The third kappa shape index (κ3) is 2.59. The molecule has 0 spiro atoms. The van der Waals surface area contributed by atoms with E-state index in [2.05, 4.69) is 5.10 Å². The number of carbonyl (C=O) groups excluding carboxylic acids is 2. The molecule has 1 heterocycles. The second kappa shape index (κ2) is 5.09. The highest BCUT2D eigenvalue weighted by molar-refractivity contribution is 6.07. The second-order valence-corrected chi connectivity index (χ2v) is 4.16. The Morgan fingerprint density at radius 3 is 2.62 bits per heavy atom. The van der Waals surface area contributed by atoms with Crippen molar-refractivity contribution < 1.29 is 14.3 Å². The number of hydrogen-bond acceptors (Lipinski definition) is 4. The minimum absolute atomic E-state index is 0.0900. The summed E-state index contributed by atoms with van der Waals surface area (Å²) >= 11 is 0. The number of carbonyl (C=O) groups is 2. The van der Waals surface area contributed by atoms with Gasteiger partial charge in [0.05, 0.1) is 12.5 Å². The predicted octanol–water partition coefficient (Wildman–Crippen LogP) is 1.04. The largest absolute Gasteiger partial charge is 0.465 e. The molecule has 0 aromatic rings. The Kier molecular flexibility index (Phi) is 4.04. The maximum Gasteiger partial charge on any atom is 0.327 e. The van der Waals surface area contributed by atoms with Crippen LogP contribution in [0.4, 0.5) is 0 Å². The predicted molar refractivity (Wildman–Crippen MR) is 59.8 cm³/mol. The molecule has 5 heteroatoms. The number of hydrazone groups is 1. The zero-order valence-electron chi connectivity index (χ0n) is 10.2. The van der Waals surface area contributed by atoms with Crippen LogP contribution in [0.1, 0.15) is 27.7 Å². The van der Waals surface area contributed by atoms with Gasteiger partial charge in [-0.25, -0.2) is 5.01 Å². The third-order valence-corrected chi connectivity index (χ3v) is 2.50. The molecule has 0 aliphatic carbocycles. The van der Waals surface area contributed by atoms with Crippen LogP contribution in [0.15, 0.2) is 5.10 Å². The summed E-state index contributed by atoms with van der Waals surface area (Å²) in [5.41, 5.74) is 0.768. The molecule has 1 aliphatic heterocycles. The fraction of sp³-hybridized carbons (Fsp3) is 0.727. The van der Waals surface area contributed by atoms with E-state index < -0.39 is 5.97 Å². The average molecular weight is 226 g/mol.